The largest absolute Gasteiger partial charge is 0.504 e. The number of phenolic OH excluding ortho intramolecular Hbond substituents is 1. The molecule has 0 aromatic heterocycles. The molecular formula is C12H19NO3. The molecule has 0 radical (unpaired) electrons. The molecule has 1 aromatic rings. The summed E-state index contributed by atoms with van der Waals surface area (Å²) in [6, 6.07) is 5.40. The molecule has 1 atom stereocenters. The second-order valence-electron chi connectivity index (χ2n) is 3.79. The van der Waals surface area contributed by atoms with E-state index in [4.69, 9.17) is 15.6 Å². The smallest absolute Gasteiger partial charge is 0.160 e. The van der Waals surface area contributed by atoms with Crippen LogP contribution in [0.3, 0.4) is 0 Å². The first-order chi connectivity index (χ1) is 7.72. The SMILES string of the molecule is COc1cccc(CCC(CN)CO)c1O. The first-order valence-corrected chi connectivity index (χ1v) is 5.38. The number of methoxy groups -OCH3 is 1. The van der Waals surface area contributed by atoms with Crippen molar-refractivity contribution in [1.29, 1.82) is 0 Å². The molecule has 0 saturated carbocycles. The van der Waals surface area contributed by atoms with Gasteiger partial charge in [0, 0.05) is 6.61 Å². The number of nitrogens with two attached hydrogens (primary N) is 1. The topological polar surface area (TPSA) is 75.7 Å². The van der Waals surface area contributed by atoms with Crippen molar-refractivity contribution in [1.82, 2.24) is 0 Å². The average molecular weight is 225 g/mol. The van der Waals surface area contributed by atoms with Crippen LogP contribution in [0.1, 0.15) is 12.0 Å². The highest BCUT2D eigenvalue weighted by Gasteiger charge is 2.10. The molecular weight excluding hydrogens is 206 g/mol. The molecule has 4 heteroatoms. The predicted molar refractivity (Wildman–Crippen MR) is 62.6 cm³/mol. The lowest BCUT2D eigenvalue weighted by Gasteiger charge is -2.12. The molecule has 0 aliphatic rings. The third kappa shape index (κ3) is 3.12. The van der Waals surface area contributed by atoms with Crippen molar-refractivity contribution >= 4 is 0 Å². The quantitative estimate of drug-likeness (QED) is 0.672. The molecule has 0 fully saturated rings. The Kier molecular flexibility index (Phi) is 5.08. The highest BCUT2D eigenvalue weighted by molar-refractivity contribution is 5.45. The van der Waals surface area contributed by atoms with Crippen LogP contribution in [-0.4, -0.2) is 30.5 Å². The van der Waals surface area contributed by atoms with Gasteiger partial charge in [-0.15, -0.1) is 0 Å². The van der Waals surface area contributed by atoms with Gasteiger partial charge in [0.25, 0.3) is 0 Å². The van der Waals surface area contributed by atoms with Crippen molar-refractivity contribution in [3.63, 3.8) is 0 Å². The average Bonchev–Trinajstić information content (AvgIpc) is 2.32. The number of aryl methyl sites for hydroxylation is 1. The zero-order valence-corrected chi connectivity index (χ0v) is 9.52. The monoisotopic (exact) mass is 225 g/mol. The van der Waals surface area contributed by atoms with E-state index >= 15 is 0 Å². The minimum absolute atomic E-state index is 0.0846. The van der Waals surface area contributed by atoms with Crippen LogP contribution in [0.5, 0.6) is 11.5 Å². The van der Waals surface area contributed by atoms with Gasteiger partial charge in [0.1, 0.15) is 0 Å². The van der Waals surface area contributed by atoms with Crippen molar-refractivity contribution in [3.05, 3.63) is 23.8 Å². The van der Waals surface area contributed by atoms with E-state index in [2.05, 4.69) is 0 Å². The summed E-state index contributed by atoms with van der Waals surface area (Å²) < 4.78 is 5.02. The lowest BCUT2D eigenvalue weighted by Crippen LogP contribution is -2.18. The number of rotatable bonds is 6. The molecule has 16 heavy (non-hydrogen) atoms. The Balaban J connectivity index is 2.66. The fraction of sp³-hybridized carbons (Fsp3) is 0.500. The van der Waals surface area contributed by atoms with Gasteiger partial charge in [0.05, 0.1) is 7.11 Å². The first-order valence-electron chi connectivity index (χ1n) is 5.38. The lowest BCUT2D eigenvalue weighted by atomic mass is 9.99. The van der Waals surface area contributed by atoms with Gasteiger partial charge in [0.2, 0.25) is 0 Å². The van der Waals surface area contributed by atoms with Gasteiger partial charge >= 0.3 is 0 Å². The summed E-state index contributed by atoms with van der Waals surface area (Å²) in [4.78, 5) is 0. The third-order valence-corrected chi connectivity index (χ3v) is 2.72. The number of hydrogen-bond acceptors (Lipinski definition) is 4. The molecule has 0 spiro atoms. The molecule has 0 aliphatic carbocycles. The van der Waals surface area contributed by atoms with E-state index in [1.807, 2.05) is 12.1 Å². The van der Waals surface area contributed by atoms with E-state index in [-0.39, 0.29) is 18.3 Å². The molecule has 0 amide bonds. The van der Waals surface area contributed by atoms with Crippen LogP contribution in [0.15, 0.2) is 18.2 Å². The number of aromatic hydroxyl groups is 1. The molecule has 1 rings (SSSR count). The summed E-state index contributed by atoms with van der Waals surface area (Å²) in [6.45, 7) is 0.544. The van der Waals surface area contributed by atoms with Gasteiger partial charge in [-0.25, -0.2) is 0 Å². The molecule has 1 unspecified atom stereocenters. The van der Waals surface area contributed by atoms with Crippen LogP contribution in [0.25, 0.3) is 0 Å². The minimum atomic E-state index is 0.0846. The van der Waals surface area contributed by atoms with Gasteiger partial charge in [-0.05, 0) is 36.9 Å². The second kappa shape index (κ2) is 6.35. The molecule has 0 saturated heterocycles. The van der Waals surface area contributed by atoms with Crippen LogP contribution < -0.4 is 10.5 Å². The number of aliphatic hydroxyl groups excluding tert-OH is 1. The number of benzene rings is 1. The van der Waals surface area contributed by atoms with E-state index in [9.17, 15) is 5.11 Å². The Bertz CT molecular complexity index is 324. The van der Waals surface area contributed by atoms with Crippen molar-refractivity contribution in [3.8, 4) is 11.5 Å². The summed E-state index contributed by atoms with van der Waals surface area (Å²) >= 11 is 0. The summed E-state index contributed by atoms with van der Waals surface area (Å²) in [7, 11) is 1.52. The van der Waals surface area contributed by atoms with E-state index in [0.29, 0.717) is 18.7 Å². The normalized spacial score (nSPS) is 12.4. The summed E-state index contributed by atoms with van der Waals surface area (Å²) in [5.41, 5.74) is 6.32. The van der Waals surface area contributed by atoms with Crippen molar-refractivity contribution in [2.24, 2.45) is 11.7 Å². The van der Waals surface area contributed by atoms with Gasteiger partial charge in [-0.2, -0.15) is 0 Å². The maximum Gasteiger partial charge on any atom is 0.160 e. The summed E-state index contributed by atoms with van der Waals surface area (Å²) in [6.07, 6.45) is 1.44. The van der Waals surface area contributed by atoms with Gasteiger partial charge in [0.15, 0.2) is 11.5 Å². The fourth-order valence-corrected chi connectivity index (χ4v) is 1.58. The third-order valence-electron chi connectivity index (χ3n) is 2.72. The second-order valence-corrected chi connectivity index (χ2v) is 3.79. The van der Waals surface area contributed by atoms with E-state index < -0.39 is 0 Å². The Morgan fingerprint density at radius 1 is 1.44 bits per heavy atom. The fourth-order valence-electron chi connectivity index (χ4n) is 1.58. The summed E-state index contributed by atoms with van der Waals surface area (Å²) in [5, 5.41) is 18.8. The molecule has 0 aliphatic heterocycles. The number of aliphatic hydroxyl groups is 1. The van der Waals surface area contributed by atoms with Crippen molar-refractivity contribution in [2.75, 3.05) is 20.3 Å². The number of hydrogen-bond donors (Lipinski definition) is 3. The maximum absolute atomic E-state index is 9.83. The zero-order chi connectivity index (χ0) is 12.0. The molecule has 0 heterocycles. The van der Waals surface area contributed by atoms with Gasteiger partial charge < -0.3 is 20.7 Å². The van der Waals surface area contributed by atoms with E-state index in [1.54, 1.807) is 6.07 Å². The molecule has 4 N–H and O–H groups in total. The highest BCUT2D eigenvalue weighted by atomic mass is 16.5. The molecule has 90 valence electrons. The highest BCUT2D eigenvalue weighted by Crippen LogP contribution is 2.30. The molecule has 4 nitrogen and oxygen atoms in total. The number of phenols is 1. The summed E-state index contributed by atoms with van der Waals surface area (Å²) in [5.74, 6) is 0.745. The predicted octanol–water partition coefficient (Wildman–Crippen LogP) is 0.901. The van der Waals surface area contributed by atoms with Crippen LogP contribution in [0.2, 0.25) is 0 Å². The molecule has 1 aromatic carbocycles. The maximum atomic E-state index is 9.83. The Hall–Kier alpha value is -1.26. The Morgan fingerprint density at radius 3 is 2.75 bits per heavy atom. The van der Waals surface area contributed by atoms with Crippen LogP contribution >= 0.6 is 0 Å². The molecule has 0 bridgehead atoms. The van der Waals surface area contributed by atoms with Crippen molar-refractivity contribution in [2.45, 2.75) is 12.8 Å². The number of ether oxygens (including phenoxy) is 1. The van der Waals surface area contributed by atoms with Crippen LogP contribution in [-0.2, 0) is 6.42 Å². The first kappa shape index (κ1) is 12.8. The minimum Gasteiger partial charge on any atom is -0.504 e. The Morgan fingerprint density at radius 2 is 2.19 bits per heavy atom. The van der Waals surface area contributed by atoms with Crippen LogP contribution in [0, 0.1) is 5.92 Å². The standard InChI is InChI=1S/C12H19NO3/c1-16-11-4-2-3-10(12(11)15)6-5-9(7-13)8-14/h2-4,9,14-15H,5-8,13H2,1H3. The van der Waals surface area contributed by atoms with E-state index in [1.165, 1.54) is 7.11 Å². The number of para-hydroxylation sites is 1. The van der Waals surface area contributed by atoms with Gasteiger partial charge in [-0.1, -0.05) is 12.1 Å². The van der Waals surface area contributed by atoms with Gasteiger partial charge in [-0.3, -0.25) is 0 Å². The zero-order valence-electron chi connectivity index (χ0n) is 9.52. The van der Waals surface area contributed by atoms with Crippen molar-refractivity contribution < 1.29 is 14.9 Å². The van der Waals surface area contributed by atoms with E-state index in [0.717, 1.165) is 12.0 Å². The lowest BCUT2D eigenvalue weighted by molar-refractivity contribution is 0.223. The van der Waals surface area contributed by atoms with Crippen LogP contribution in [0.4, 0.5) is 0 Å². The Labute approximate surface area is 95.7 Å².